The fourth-order valence-corrected chi connectivity index (χ4v) is 4.25. The number of alkyl halides is 3. The summed E-state index contributed by atoms with van der Waals surface area (Å²) in [5.41, 5.74) is 0.981. The number of thioether (sulfide) groups is 1. The molecule has 38 heavy (non-hydrogen) atoms. The molecule has 0 radical (unpaired) electrons. The smallest absolute Gasteiger partial charge is 0.416 e. The second kappa shape index (κ2) is 12.5. The van der Waals surface area contributed by atoms with E-state index >= 15 is 0 Å². The summed E-state index contributed by atoms with van der Waals surface area (Å²) in [6.07, 6.45) is -4.56. The van der Waals surface area contributed by atoms with Gasteiger partial charge in [-0.15, -0.1) is 10.2 Å². The molecule has 0 aliphatic heterocycles. The second-order valence-electron chi connectivity index (χ2n) is 8.75. The van der Waals surface area contributed by atoms with Gasteiger partial charge in [-0.25, -0.2) is 0 Å². The molecule has 0 spiro atoms. The number of carbonyl (C=O) groups is 2. The predicted molar refractivity (Wildman–Crippen MR) is 139 cm³/mol. The quantitative estimate of drug-likeness (QED) is 0.320. The number of nitrogens with zero attached hydrogens (tertiary/aromatic N) is 3. The number of benzene rings is 2. The molecule has 0 aliphatic carbocycles. The van der Waals surface area contributed by atoms with Crippen LogP contribution in [0.25, 0.3) is 0 Å². The van der Waals surface area contributed by atoms with E-state index in [4.69, 9.17) is 16.3 Å². The van der Waals surface area contributed by atoms with E-state index < -0.39 is 17.6 Å². The largest absolute Gasteiger partial charge is 0.483 e. The zero-order chi connectivity index (χ0) is 28.0. The van der Waals surface area contributed by atoms with Crippen molar-refractivity contribution in [1.82, 2.24) is 20.1 Å². The Morgan fingerprint density at radius 2 is 1.87 bits per heavy atom. The summed E-state index contributed by atoms with van der Waals surface area (Å²) in [4.78, 5) is 24.7. The number of amides is 2. The molecule has 0 aliphatic rings. The number of hydrogen-bond donors (Lipinski definition) is 2. The Labute approximate surface area is 227 Å². The van der Waals surface area contributed by atoms with Gasteiger partial charge in [0, 0.05) is 7.05 Å². The molecule has 13 heteroatoms. The molecule has 1 aromatic heterocycles. The Balaban J connectivity index is 1.51. The molecule has 3 aromatic rings. The van der Waals surface area contributed by atoms with Crippen LogP contribution >= 0.6 is 23.4 Å². The number of nitrogens with one attached hydrogen (secondary N) is 2. The van der Waals surface area contributed by atoms with Gasteiger partial charge in [0.05, 0.1) is 28.6 Å². The summed E-state index contributed by atoms with van der Waals surface area (Å²) in [6, 6.07) is 8.57. The van der Waals surface area contributed by atoms with Gasteiger partial charge in [0.1, 0.15) is 5.75 Å². The number of carbonyl (C=O) groups excluding carboxylic acids is 2. The van der Waals surface area contributed by atoms with Gasteiger partial charge in [-0.2, -0.15) is 13.2 Å². The van der Waals surface area contributed by atoms with E-state index in [9.17, 15) is 22.8 Å². The molecule has 0 fully saturated rings. The maximum Gasteiger partial charge on any atom is 0.416 e. The van der Waals surface area contributed by atoms with Crippen LogP contribution in [0.1, 0.15) is 42.3 Å². The summed E-state index contributed by atoms with van der Waals surface area (Å²) in [5, 5.41) is 13.5. The third kappa shape index (κ3) is 7.87. The van der Waals surface area contributed by atoms with Crippen molar-refractivity contribution in [3.05, 3.63) is 63.9 Å². The summed E-state index contributed by atoms with van der Waals surface area (Å²) in [6.45, 7) is 5.96. The molecule has 0 atom stereocenters. The number of rotatable bonds is 10. The molecule has 204 valence electrons. The monoisotopic (exact) mass is 569 g/mol. The molecule has 0 bridgehead atoms. The van der Waals surface area contributed by atoms with Crippen molar-refractivity contribution in [1.29, 1.82) is 0 Å². The molecule has 0 unspecified atom stereocenters. The molecule has 2 aromatic carbocycles. The van der Waals surface area contributed by atoms with E-state index in [1.165, 1.54) is 0 Å². The molecule has 2 amide bonds. The van der Waals surface area contributed by atoms with E-state index in [0.717, 1.165) is 41.1 Å². The molecular weight excluding hydrogens is 543 g/mol. The average molecular weight is 570 g/mol. The van der Waals surface area contributed by atoms with Crippen LogP contribution < -0.4 is 15.4 Å². The Morgan fingerprint density at radius 3 is 2.55 bits per heavy atom. The van der Waals surface area contributed by atoms with Crippen LogP contribution in [0.3, 0.4) is 0 Å². The number of aromatic nitrogens is 3. The first kappa shape index (κ1) is 29.3. The minimum absolute atomic E-state index is 0.0140. The van der Waals surface area contributed by atoms with Crippen LogP contribution in [-0.2, 0) is 29.4 Å². The SMILES string of the molecule is Cc1ccc(C(C)C)c(OCC(=O)NCc2nnc(SCC(=O)Nc3cc(C(F)(F)F)ccc3Cl)n2C)c1. The Kier molecular flexibility index (Phi) is 9.66. The molecule has 0 saturated carbocycles. The van der Waals surface area contributed by atoms with Crippen LogP contribution in [0.5, 0.6) is 5.75 Å². The molecule has 8 nitrogen and oxygen atoms in total. The van der Waals surface area contributed by atoms with E-state index in [2.05, 4.69) is 20.8 Å². The minimum Gasteiger partial charge on any atom is -0.483 e. The van der Waals surface area contributed by atoms with Crippen molar-refractivity contribution < 1.29 is 27.5 Å². The Hall–Kier alpha value is -3.25. The van der Waals surface area contributed by atoms with Crippen molar-refractivity contribution in [2.45, 2.75) is 44.6 Å². The fourth-order valence-electron chi connectivity index (χ4n) is 3.35. The second-order valence-corrected chi connectivity index (χ2v) is 10.1. The average Bonchev–Trinajstić information content (AvgIpc) is 3.19. The van der Waals surface area contributed by atoms with Gasteiger partial charge in [-0.05, 0) is 48.2 Å². The third-order valence-electron chi connectivity index (χ3n) is 5.42. The topological polar surface area (TPSA) is 98.1 Å². The Bertz CT molecular complexity index is 1310. The lowest BCUT2D eigenvalue weighted by atomic mass is 10.0. The van der Waals surface area contributed by atoms with Crippen LogP contribution in [0.2, 0.25) is 5.02 Å². The van der Waals surface area contributed by atoms with Gasteiger partial charge in [0.2, 0.25) is 5.91 Å². The van der Waals surface area contributed by atoms with Crippen molar-refractivity contribution in [3.8, 4) is 5.75 Å². The lowest BCUT2D eigenvalue weighted by molar-refractivity contribution is -0.137. The summed E-state index contributed by atoms with van der Waals surface area (Å²) in [5.74, 6) is 0.303. The molecule has 3 rings (SSSR count). The van der Waals surface area contributed by atoms with Gasteiger partial charge >= 0.3 is 6.18 Å². The highest BCUT2D eigenvalue weighted by Gasteiger charge is 2.31. The highest BCUT2D eigenvalue weighted by atomic mass is 35.5. The first-order valence-electron chi connectivity index (χ1n) is 11.5. The number of halogens is 4. The van der Waals surface area contributed by atoms with Crippen LogP contribution in [0.4, 0.5) is 18.9 Å². The number of anilines is 1. The maximum absolute atomic E-state index is 12.9. The molecule has 0 saturated heterocycles. The van der Waals surface area contributed by atoms with Crippen molar-refractivity contribution in [2.75, 3.05) is 17.7 Å². The van der Waals surface area contributed by atoms with Gasteiger partial charge in [0.25, 0.3) is 5.91 Å². The first-order chi connectivity index (χ1) is 17.8. The highest BCUT2D eigenvalue weighted by molar-refractivity contribution is 7.99. The van der Waals surface area contributed by atoms with Crippen LogP contribution in [-0.4, -0.2) is 38.9 Å². The van der Waals surface area contributed by atoms with Crippen LogP contribution in [0, 0.1) is 6.92 Å². The minimum atomic E-state index is -4.56. The van der Waals surface area contributed by atoms with E-state index in [1.807, 2.05) is 39.0 Å². The Morgan fingerprint density at radius 1 is 1.13 bits per heavy atom. The third-order valence-corrected chi connectivity index (χ3v) is 6.77. The number of aryl methyl sites for hydroxylation is 1. The maximum atomic E-state index is 12.9. The van der Waals surface area contributed by atoms with Crippen molar-refractivity contribution in [3.63, 3.8) is 0 Å². The molecular formula is C25H27ClF3N5O3S. The van der Waals surface area contributed by atoms with Crippen LogP contribution in [0.15, 0.2) is 41.6 Å². The zero-order valence-electron chi connectivity index (χ0n) is 21.1. The van der Waals surface area contributed by atoms with Gasteiger partial charge < -0.3 is 19.9 Å². The fraction of sp³-hybridized carbons (Fsp3) is 0.360. The zero-order valence-corrected chi connectivity index (χ0v) is 22.7. The first-order valence-corrected chi connectivity index (χ1v) is 12.9. The summed E-state index contributed by atoms with van der Waals surface area (Å²) < 4.78 is 46.1. The van der Waals surface area contributed by atoms with E-state index in [1.54, 1.807) is 11.6 Å². The molecule has 1 heterocycles. The van der Waals surface area contributed by atoms with Gasteiger partial charge in [-0.1, -0.05) is 49.3 Å². The summed E-state index contributed by atoms with van der Waals surface area (Å²) in [7, 11) is 1.67. The number of hydrogen-bond acceptors (Lipinski definition) is 6. The predicted octanol–water partition coefficient (Wildman–Crippen LogP) is 5.35. The van der Waals surface area contributed by atoms with Crippen molar-refractivity contribution >= 4 is 40.9 Å². The standard InChI is InChI=1S/C25H27ClF3N5O3S/c1-14(2)17-7-5-15(3)9-20(17)37-12-22(35)30-11-21-32-33-24(34(21)4)38-13-23(36)31-19-10-16(25(27,28)29)6-8-18(19)26/h5-10,14H,11-13H2,1-4H3,(H,30,35)(H,31,36). The van der Waals surface area contributed by atoms with Gasteiger partial charge in [-0.3, -0.25) is 9.59 Å². The highest BCUT2D eigenvalue weighted by Crippen LogP contribution is 2.34. The lowest BCUT2D eigenvalue weighted by Gasteiger charge is -2.14. The molecule has 2 N–H and O–H groups in total. The number of ether oxygens (including phenoxy) is 1. The van der Waals surface area contributed by atoms with E-state index in [0.29, 0.717) is 16.7 Å². The summed E-state index contributed by atoms with van der Waals surface area (Å²) >= 11 is 6.96. The van der Waals surface area contributed by atoms with Crippen molar-refractivity contribution in [2.24, 2.45) is 7.05 Å². The lowest BCUT2D eigenvalue weighted by Crippen LogP contribution is -2.29. The van der Waals surface area contributed by atoms with Gasteiger partial charge in [0.15, 0.2) is 17.6 Å². The van der Waals surface area contributed by atoms with E-state index in [-0.39, 0.29) is 41.4 Å². The normalized spacial score (nSPS) is 11.5.